The van der Waals surface area contributed by atoms with Gasteiger partial charge in [-0.15, -0.1) is 11.8 Å². The highest BCUT2D eigenvalue weighted by Crippen LogP contribution is 2.28. The number of rotatable bonds is 9. The third-order valence-corrected chi connectivity index (χ3v) is 6.36. The summed E-state index contributed by atoms with van der Waals surface area (Å²) in [5.41, 5.74) is 2.13. The second-order valence-electron chi connectivity index (χ2n) is 6.99. The molecule has 0 aliphatic carbocycles. The van der Waals surface area contributed by atoms with Crippen LogP contribution in [0, 0.1) is 0 Å². The fourth-order valence-electron chi connectivity index (χ4n) is 3.06. The Labute approximate surface area is 192 Å². The Morgan fingerprint density at radius 3 is 2.32 bits per heavy atom. The molecule has 0 spiro atoms. The van der Waals surface area contributed by atoms with E-state index in [0.29, 0.717) is 29.2 Å². The highest BCUT2D eigenvalue weighted by molar-refractivity contribution is 8.00. The van der Waals surface area contributed by atoms with E-state index in [1.807, 2.05) is 67.6 Å². The Bertz CT molecular complexity index is 1010. The Morgan fingerprint density at radius 2 is 1.61 bits per heavy atom. The third kappa shape index (κ3) is 6.88. The van der Waals surface area contributed by atoms with Gasteiger partial charge in [-0.1, -0.05) is 61.0 Å². The number of nitrogens with one attached hydrogen (secondary N) is 2. The molecule has 0 fully saturated rings. The monoisotopic (exact) mass is 452 g/mol. The molecule has 1 atom stereocenters. The molecule has 0 saturated heterocycles. The molecule has 31 heavy (non-hydrogen) atoms. The average Bonchev–Trinajstić information content (AvgIpc) is 2.79. The van der Waals surface area contributed by atoms with Crippen molar-refractivity contribution in [2.24, 2.45) is 0 Å². The number of para-hydroxylation sites is 1. The number of amides is 2. The number of hydrogen-bond donors (Lipinski definition) is 2. The summed E-state index contributed by atoms with van der Waals surface area (Å²) in [7, 11) is 0. The van der Waals surface area contributed by atoms with Crippen molar-refractivity contribution in [1.82, 2.24) is 5.32 Å². The first-order chi connectivity index (χ1) is 15.1. The molecule has 0 aliphatic heterocycles. The van der Waals surface area contributed by atoms with Crippen molar-refractivity contribution in [3.63, 3.8) is 0 Å². The highest BCUT2D eigenvalue weighted by atomic mass is 35.5. The maximum absolute atomic E-state index is 12.9. The van der Waals surface area contributed by atoms with Crippen LogP contribution in [0.25, 0.3) is 0 Å². The number of carbonyl (C=O) groups excluding carboxylic acids is 2. The second kappa shape index (κ2) is 11.6. The molecule has 0 saturated carbocycles. The van der Waals surface area contributed by atoms with Crippen LogP contribution in [0.4, 0.5) is 5.69 Å². The lowest BCUT2D eigenvalue weighted by molar-refractivity contribution is -0.115. The lowest BCUT2D eigenvalue weighted by Gasteiger charge is -2.17. The minimum atomic E-state index is -0.282. The number of benzene rings is 3. The van der Waals surface area contributed by atoms with E-state index in [9.17, 15) is 9.59 Å². The average molecular weight is 453 g/mol. The van der Waals surface area contributed by atoms with E-state index in [4.69, 9.17) is 11.6 Å². The summed E-state index contributed by atoms with van der Waals surface area (Å²) >= 11 is 7.42. The van der Waals surface area contributed by atoms with Crippen molar-refractivity contribution < 1.29 is 9.59 Å². The van der Waals surface area contributed by atoms with Crippen LogP contribution >= 0.6 is 23.4 Å². The fraction of sp³-hybridized carbons (Fsp3) is 0.200. The van der Waals surface area contributed by atoms with Gasteiger partial charge in [0.15, 0.2) is 0 Å². The lowest BCUT2D eigenvalue weighted by atomic mass is 10.1. The van der Waals surface area contributed by atoms with E-state index in [1.54, 1.807) is 18.2 Å². The maximum Gasteiger partial charge on any atom is 0.253 e. The molecule has 4 nitrogen and oxygen atoms in total. The zero-order valence-corrected chi connectivity index (χ0v) is 18.9. The summed E-state index contributed by atoms with van der Waals surface area (Å²) in [6, 6.07) is 24.5. The van der Waals surface area contributed by atoms with Crippen molar-refractivity contribution in [2.75, 3.05) is 11.9 Å². The van der Waals surface area contributed by atoms with Crippen molar-refractivity contribution in [1.29, 1.82) is 0 Å². The van der Waals surface area contributed by atoms with Crippen LogP contribution in [0.2, 0.25) is 5.02 Å². The smallest absolute Gasteiger partial charge is 0.253 e. The standard InChI is InChI=1S/C25H25ClN2O2S/c1-2-23(31-20-14-12-19(26)13-15-20)25(30)28-22-11-7-6-10-21(22)24(29)27-17-16-18-8-4-3-5-9-18/h3-15,23H,2,16-17H2,1H3,(H,27,29)(H,28,30)/t23-/m1/s1. The second-order valence-corrected chi connectivity index (χ2v) is 8.71. The summed E-state index contributed by atoms with van der Waals surface area (Å²) < 4.78 is 0. The molecule has 160 valence electrons. The van der Waals surface area contributed by atoms with E-state index < -0.39 is 0 Å². The summed E-state index contributed by atoms with van der Waals surface area (Å²) in [6.45, 7) is 2.49. The Balaban J connectivity index is 1.62. The van der Waals surface area contributed by atoms with E-state index in [2.05, 4.69) is 10.6 Å². The van der Waals surface area contributed by atoms with Gasteiger partial charge >= 0.3 is 0 Å². The molecule has 0 heterocycles. The molecule has 0 bridgehead atoms. The Kier molecular flexibility index (Phi) is 8.56. The zero-order valence-electron chi connectivity index (χ0n) is 17.3. The predicted molar refractivity (Wildman–Crippen MR) is 129 cm³/mol. The minimum absolute atomic E-state index is 0.132. The van der Waals surface area contributed by atoms with Gasteiger partial charge in [0.25, 0.3) is 5.91 Å². The molecule has 0 unspecified atom stereocenters. The quantitative estimate of drug-likeness (QED) is 0.402. The maximum atomic E-state index is 12.9. The molecule has 3 aromatic rings. The Hall–Kier alpha value is -2.76. The minimum Gasteiger partial charge on any atom is -0.352 e. The molecular formula is C25H25ClN2O2S. The molecule has 0 radical (unpaired) electrons. The Morgan fingerprint density at radius 1 is 0.935 bits per heavy atom. The zero-order chi connectivity index (χ0) is 22.1. The normalized spacial score (nSPS) is 11.5. The van der Waals surface area contributed by atoms with Crippen LogP contribution in [0.1, 0.15) is 29.3 Å². The van der Waals surface area contributed by atoms with Crippen molar-refractivity contribution >= 4 is 40.9 Å². The van der Waals surface area contributed by atoms with E-state index in [0.717, 1.165) is 16.9 Å². The first kappa shape index (κ1) is 22.9. The van der Waals surface area contributed by atoms with Gasteiger partial charge in [0.2, 0.25) is 5.91 Å². The molecular weight excluding hydrogens is 428 g/mol. The van der Waals surface area contributed by atoms with E-state index >= 15 is 0 Å². The number of anilines is 1. The highest BCUT2D eigenvalue weighted by Gasteiger charge is 2.20. The van der Waals surface area contributed by atoms with Crippen LogP contribution < -0.4 is 10.6 Å². The van der Waals surface area contributed by atoms with Gasteiger partial charge in [-0.05, 0) is 54.8 Å². The largest absolute Gasteiger partial charge is 0.352 e. The molecule has 3 rings (SSSR count). The number of thioether (sulfide) groups is 1. The van der Waals surface area contributed by atoms with Gasteiger partial charge in [0, 0.05) is 16.5 Å². The fourth-order valence-corrected chi connectivity index (χ4v) is 4.14. The number of carbonyl (C=O) groups is 2. The van der Waals surface area contributed by atoms with Gasteiger partial charge in [-0.2, -0.15) is 0 Å². The third-order valence-electron chi connectivity index (χ3n) is 4.73. The van der Waals surface area contributed by atoms with Gasteiger partial charge in [0.05, 0.1) is 16.5 Å². The number of halogens is 1. The van der Waals surface area contributed by atoms with Gasteiger partial charge in [-0.25, -0.2) is 0 Å². The van der Waals surface area contributed by atoms with Gasteiger partial charge in [-0.3, -0.25) is 9.59 Å². The topological polar surface area (TPSA) is 58.2 Å². The van der Waals surface area contributed by atoms with Gasteiger partial charge < -0.3 is 10.6 Å². The first-order valence-electron chi connectivity index (χ1n) is 10.2. The molecule has 2 N–H and O–H groups in total. The van der Waals surface area contributed by atoms with Crippen molar-refractivity contribution in [3.8, 4) is 0 Å². The van der Waals surface area contributed by atoms with Crippen molar-refractivity contribution in [2.45, 2.75) is 29.9 Å². The molecule has 3 aromatic carbocycles. The lowest BCUT2D eigenvalue weighted by Crippen LogP contribution is -2.29. The number of hydrogen-bond acceptors (Lipinski definition) is 3. The molecule has 2 amide bonds. The van der Waals surface area contributed by atoms with E-state index in [1.165, 1.54) is 11.8 Å². The summed E-state index contributed by atoms with van der Waals surface area (Å²) in [4.78, 5) is 26.6. The van der Waals surface area contributed by atoms with Crippen LogP contribution in [0.15, 0.2) is 83.8 Å². The first-order valence-corrected chi connectivity index (χ1v) is 11.5. The predicted octanol–water partition coefficient (Wildman–Crippen LogP) is 5.82. The van der Waals surface area contributed by atoms with Crippen LogP contribution in [-0.4, -0.2) is 23.6 Å². The molecule has 0 aliphatic rings. The van der Waals surface area contributed by atoms with Crippen LogP contribution in [0.3, 0.4) is 0 Å². The van der Waals surface area contributed by atoms with Crippen molar-refractivity contribution in [3.05, 3.63) is 95.0 Å². The SMILES string of the molecule is CC[C@@H](Sc1ccc(Cl)cc1)C(=O)Nc1ccccc1C(=O)NCCc1ccccc1. The van der Waals surface area contributed by atoms with E-state index in [-0.39, 0.29) is 17.1 Å². The summed E-state index contributed by atoms with van der Waals surface area (Å²) in [5, 5.41) is 6.26. The summed E-state index contributed by atoms with van der Waals surface area (Å²) in [6.07, 6.45) is 1.40. The van der Waals surface area contributed by atoms with Crippen LogP contribution in [0.5, 0.6) is 0 Å². The van der Waals surface area contributed by atoms with Gasteiger partial charge in [0.1, 0.15) is 0 Å². The molecule has 6 heteroatoms. The van der Waals surface area contributed by atoms with Crippen LogP contribution in [-0.2, 0) is 11.2 Å². The summed E-state index contributed by atoms with van der Waals surface area (Å²) in [5.74, 6) is -0.336. The molecule has 0 aromatic heterocycles.